The van der Waals surface area contributed by atoms with Gasteiger partial charge in [-0.05, 0) is 35.9 Å². The Kier molecular flexibility index (Phi) is 7.55. The van der Waals surface area contributed by atoms with E-state index in [-0.39, 0.29) is 6.61 Å². The molecule has 1 amide bonds. The lowest BCUT2D eigenvalue weighted by Crippen LogP contribution is -2.17. The molecule has 1 N–H and O–H groups in total. The first-order chi connectivity index (χ1) is 13.5. The molecule has 0 aromatic heterocycles. The standard InChI is InChI=1S/C20H19ClN2O5/c1-5-8-28-19-15(21)9-13(10-18(19)27-4)12-22-23-20(24)14-6-7-16(25-2)17(11-14)26-3/h1,6-7,9-12H,8H2,2-4H3,(H,23,24)/b22-12+. The van der Waals surface area contributed by atoms with Crippen molar-refractivity contribution >= 4 is 23.7 Å². The Balaban J connectivity index is 2.13. The number of carbonyl (C=O) groups is 1. The molecule has 28 heavy (non-hydrogen) atoms. The van der Waals surface area contributed by atoms with Gasteiger partial charge in [0.25, 0.3) is 5.91 Å². The Morgan fingerprint density at radius 3 is 2.50 bits per heavy atom. The smallest absolute Gasteiger partial charge is 0.271 e. The first kappa shape index (κ1) is 20.9. The molecule has 0 saturated heterocycles. The zero-order chi connectivity index (χ0) is 20.5. The van der Waals surface area contributed by atoms with Gasteiger partial charge >= 0.3 is 0 Å². The summed E-state index contributed by atoms with van der Waals surface area (Å²) in [4.78, 5) is 12.3. The van der Waals surface area contributed by atoms with E-state index in [9.17, 15) is 4.79 Å². The minimum Gasteiger partial charge on any atom is -0.493 e. The van der Waals surface area contributed by atoms with Crippen LogP contribution in [0, 0.1) is 12.3 Å². The van der Waals surface area contributed by atoms with E-state index in [1.165, 1.54) is 27.5 Å². The van der Waals surface area contributed by atoms with Crippen molar-refractivity contribution in [1.82, 2.24) is 5.43 Å². The van der Waals surface area contributed by atoms with Crippen molar-refractivity contribution in [2.75, 3.05) is 27.9 Å². The van der Waals surface area contributed by atoms with Crippen LogP contribution in [-0.2, 0) is 0 Å². The van der Waals surface area contributed by atoms with Crippen LogP contribution in [0.5, 0.6) is 23.0 Å². The molecule has 0 saturated carbocycles. The quantitative estimate of drug-likeness (QED) is 0.417. The summed E-state index contributed by atoms with van der Waals surface area (Å²) in [6.07, 6.45) is 6.62. The van der Waals surface area contributed by atoms with Crippen molar-refractivity contribution in [3.05, 3.63) is 46.5 Å². The molecule has 2 aromatic carbocycles. The lowest BCUT2D eigenvalue weighted by Gasteiger charge is -2.11. The number of nitrogens with one attached hydrogen (secondary N) is 1. The van der Waals surface area contributed by atoms with E-state index < -0.39 is 5.91 Å². The molecule has 0 atom stereocenters. The molecular formula is C20H19ClN2O5. The highest BCUT2D eigenvalue weighted by Gasteiger charge is 2.12. The molecule has 0 aliphatic carbocycles. The molecule has 7 nitrogen and oxygen atoms in total. The summed E-state index contributed by atoms with van der Waals surface area (Å²) in [5, 5.41) is 4.25. The number of ether oxygens (including phenoxy) is 4. The summed E-state index contributed by atoms with van der Waals surface area (Å²) in [5.74, 6) is 3.65. The van der Waals surface area contributed by atoms with Gasteiger partial charge in [0.1, 0.15) is 6.61 Å². The van der Waals surface area contributed by atoms with Crippen LogP contribution in [0.25, 0.3) is 0 Å². The molecule has 0 aliphatic rings. The summed E-state index contributed by atoms with van der Waals surface area (Å²) in [5.41, 5.74) is 3.40. The Bertz CT molecular complexity index is 922. The Morgan fingerprint density at radius 1 is 1.14 bits per heavy atom. The number of hydrogen-bond acceptors (Lipinski definition) is 6. The summed E-state index contributed by atoms with van der Waals surface area (Å²) in [6.45, 7) is 0.0604. The fourth-order valence-electron chi connectivity index (χ4n) is 2.28. The maximum absolute atomic E-state index is 12.3. The van der Waals surface area contributed by atoms with E-state index in [1.807, 2.05) is 0 Å². The Hall–Kier alpha value is -3.37. The van der Waals surface area contributed by atoms with Crippen LogP contribution in [0.2, 0.25) is 5.02 Å². The van der Waals surface area contributed by atoms with Crippen molar-refractivity contribution in [3.63, 3.8) is 0 Å². The van der Waals surface area contributed by atoms with Gasteiger partial charge in [-0.1, -0.05) is 17.5 Å². The number of amides is 1. The third kappa shape index (κ3) is 5.09. The van der Waals surface area contributed by atoms with E-state index >= 15 is 0 Å². The van der Waals surface area contributed by atoms with Crippen molar-refractivity contribution < 1.29 is 23.7 Å². The Morgan fingerprint density at radius 2 is 1.86 bits per heavy atom. The average Bonchev–Trinajstić information content (AvgIpc) is 2.71. The van der Waals surface area contributed by atoms with Crippen LogP contribution in [0.1, 0.15) is 15.9 Å². The van der Waals surface area contributed by atoms with Gasteiger partial charge in [-0.25, -0.2) is 5.43 Å². The van der Waals surface area contributed by atoms with Gasteiger partial charge in [0, 0.05) is 5.56 Å². The molecule has 0 aliphatic heterocycles. The first-order valence-electron chi connectivity index (χ1n) is 8.03. The highest BCUT2D eigenvalue weighted by Crippen LogP contribution is 2.36. The zero-order valence-corrected chi connectivity index (χ0v) is 16.4. The molecule has 0 unspecified atom stereocenters. The van der Waals surface area contributed by atoms with Crippen molar-refractivity contribution in [2.45, 2.75) is 0 Å². The molecule has 2 aromatic rings. The number of hydrazone groups is 1. The van der Waals surface area contributed by atoms with Crippen LogP contribution in [0.4, 0.5) is 0 Å². The third-order valence-corrected chi connectivity index (χ3v) is 3.86. The SMILES string of the molecule is C#CCOc1c(Cl)cc(/C=N/NC(=O)c2ccc(OC)c(OC)c2)cc1OC. The highest BCUT2D eigenvalue weighted by atomic mass is 35.5. The second-order valence-corrected chi connectivity index (χ2v) is 5.70. The van der Waals surface area contributed by atoms with Gasteiger partial charge in [0.15, 0.2) is 23.0 Å². The molecule has 8 heteroatoms. The van der Waals surface area contributed by atoms with Gasteiger partial charge < -0.3 is 18.9 Å². The molecule has 0 spiro atoms. The van der Waals surface area contributed by atoms with Crippen LogP contribution < -0.4 is 24.4 Å². The van der Waals surface area contributed by atoms with E-state index in [0.717, 1.165) is 0 Å². The number of nitrogens with zero attached hydrogens (tertiary/aromatic N) is 1. The lowest BCUT2D eigenvalue weighted by atomic mass is 10.2. The highest BCUT2D eigenvalue weighted by molar-refractivity contribution is 6.32. The van der Waals surface area contributed by atoms with Crippen LogP contribution in [0.3, 0.4) is 0 Å². The first-order valence-corrected chi connectivity index (χ1v) is 8.41. The number of halogens is 1. The molecule has 0 bridgehead atoms. The van der Waals surface area contributed by atoms with Crippen molar-refractivity contribution in [2.24, 2.45) is 5.10 Å². The fourth-order valence-corrected chi connectivity index (χ4v) is 2.55. The van der Waals surface area contributed by atoms with E-state index in [4.69, 9.17) is 37.0 Å². The van der Waals surface area contributed by atoms with Crippen LogP contribution in [-0.4, -0.2) is 40.1 Å². The molecule has 0 heterocycles. The largest absolute Gasteiger partial charge is 0.493 e. The van der Waals surface area contributed by atoms with Gasteiger partial charge in [-0.3, -0.25) is 4.79 Å². The molecule has 0 fully saturated rings. The maximum atomic E-state index is 12.3. The third-order valence-electron chi connectivity index (χ3n) is 3.58. The molecule has 2 rings (SSSR count). The molecule has 0 radical (unpaired) electrons. The minimum atomic E-state index is -0.413. The van der Waals surface area contributed by atoms with Gasteiger partial charge in [-0.2, -0.15) is 5.10 Å². The summed E-state index contributed by atoms with van der Waals surface area (Å²) in [7, 11) is 4.49. The van der Waals surface area contributed by atoms with Gasteiger partial charge in [-0.15, -0.1) is 6.42 Å². The number of carbonyl (C=O) groups excluding carboxylic acids is 1. The van der Waals surface area contributed by atoms with Crippen LogP contribution >= 0.6 is 11.6 Å². The summed E-state index contributed by atoms with van der Waals surface area (Å²) >= 11 is 6.20. The monoisotopic (exact) mass is 402 g/mol. The lowest BCUT2D eigenvalue weighted by molar-refractivity contribution is 0.0954. The predicted octanol–water partition coefficient (Wildman–Crippen LogP) is 3.14. The summed E-state index contributed by atoms with van der Waals surface area (Å²) in [6, 6.07) is 8.06. The number of hydrogen-bond donors (Lipinski definition) is 1. The van der Waals surface area contributed by atoms with Crippen LogP contribution in [0.15, 0.2) is 35.4 Å². The second-order valence-electron chi connectivity index (χ2n) is 5.30. The van der Waals surface area contributed by atoms with Gasteiger partial charge in [0.05, 0.1) is 32.6 Å². The Labute approximate surface area is 168 Å². The predicted molar refractivity (Wildman–Crippen MR) is 107 cm³/mol. The van der Waals surface area contributed by atoms with E-state index in [1.54, 1.807) is 30.3 Å². The van der Waals surface area contributed by atoms with Crippen molar-refractivity contribution in [3.8, 4) is 35.3 Å². The maximum Gasteiger partial charge on any atom is 0.271 e. The normalized spacial score (nSPS) is 10.2. The van der Waals surface area contributed by atoms with E-state index in [2.05, 4.69) is 16.4 Å². The number of methoxy groups -OCH3 is 3. The number of rotatable bonds is 8. The average molecular weight is 403 g/mol. The zero-order valence-electron chi connectivity index (χ0n) is 15.6. The fraction of sp³-hybridized carbons (Fsp3) is 0.200. The molecular weight excluding hydrogens is 384 g/mol. The number of terminal acetylenes is 1. The topological polar surface area (TPSA) is 78.4 Å². The van der Waals surface area contributed by atoms with E-state index in [0.29, 0.717) is 39.1 Å². The second kappa shape index (κ2) is 10.1. The van der Waals surface area contributed by atoms with Crippen molar-refractivity contribution in [1.29, 1.82) is 0 Å². The number of benzene rings is 2. The minimum absolute atomic E-state index is 0.0604. The summed E-state index contributed by atoms with van der Waals surface area (Å²) < 4.78 is 21.0. The van der Waals surface area contributed by atoms with Gasteiger partial charge in [0.2, 0.25) is 0 Å². The molecule has 146 valence electrons.